The van der Waals surface area contributed by atoms with Gasteiger partial charge < -0.3 is 19.5 Å². The summed E-state index contributed by atoms with van der Waals surface area (Å²) in [7, 11) is 1.54. The summed E-state index contributed by atoms with van der Waals surface area (Å²) in [5, 5.41) is 2.70. The first-order chi connectivity index (χ1) is 14.0. The number of ether oxygens (including phenoxy) is 3. The number of methoxy groups -OCH3 is 1. The van der Waals surface area contributed by atoms with Crippen LogP contribution in [0.3, 0.4) is 0 Å². The number of anilines is 1. The van der Waals surface area contributed by atoms with Gasteiger partial charge in [0, 0.05) is 29.8 Å². The van der Waals surface area contributed by atoms with Crippen LogP contribution in [0.25, 0.3) is 0 Å². The predicted molar refractivity (Wildman–Crippen MR) is 108 cm³/mol. The third-order valence-electron chi connectivity index (χ3n) is 4.12. The molecule has 29 heavy (non-hydrogen) atoms. The van der Waals surface area contributed by atoms with Crippen LogP contribution in [0.2, 0.25) is 0 Å². The molecule has 154 valence electrons. The van der Waals surface area contributed by atoms with E-state index in [1.807, 2.05) is 6.92 Å². The van der Waals surface area contributed by atoms with E-state index in [1.165, 1.54) is 0 Å². The van der Waals surface area contributed by atoms with Crippen molar-refractivity contribution in [3.8, 4) is 5.75 Å². The Balaban J connectivity index is 1.97. The van der Waals surface area contributed by atoms with Crippen molar-refractivity contribution in [1.82, 2.24) is 0 Å². The molecule has 0 radical (unpaired) electrons. The summed E-state index contributed by atoms with van der Waals surface area (Å²) in [5.41, 5.74) is 2.02. The van der Waals surface area contributed by atoms with Crippen molar-refractivity contribution in [1.29, 1.82) is 0 Å². The number of nitrogens with one attached hydrogen (secondary N) is 1. The van der Waals surface area contributed by atoms with Crippen molar-refractivity contribution in [2.75, 3.05) is 25.6 Å². The van der Waals surface area contributed by atoms with Gasteiger partial charge in [0.1, 0.15) is 5.75 Å². The molecule has 0 aliphatic heterocycles. The summed E-state index contributed by atoms with van der Waals surface area (Å²) in [5.74, 6) is -0.442. The Hall–Kier alpha value is -3.19. The maximum absolute atomic E-state index is 12.3. The lowest BCUT2D eigenvalue weighted by Gasteiger charge is -2.11. The number of rotatable bonds is 10. The first kappa shape index (κ1) is 22.1. The zero-order valence-corrected chi connectivity index (χ0v) is 16.8. The van der Waals surface area contributed by atoms with E-state index in [0.717, 1.165) is 5.56 Å². The number of Topliss-reactive ketones (excluding diaryl/α,β-unsaturated/α-hetero) is 1. The summed E-state index contributed by atoms with van der Waals surface area (Å²) in [4.78, 5) is 36.0. The normalized spacial score (nSPS) is 10.3. The largest absolute Gasteiger partial charge is 0.496 e. The standard InChI is InChI=1S/C22H25NO6/c1-4-21(25)23-18-9-6-15(7-10-18)19(24)14-29-22(26)16-8-11-20(27-3)17(12-16)13-28-5-2/h6-12H,4-5,13-14H2,1-3H3,(H,23,25). The molecule has 0 aliphatic rings. The van der Waals surface area contributed by atoms with E-state index in [9.17, 15) is 14.4 Å². The minimum absolute atomic E-state index is 0.110. The van der Waals surface area contributed by atoms with Crippen molar-refractivity contribution in [3.63, 3.8) is 0 Å². The minimum atomic E-state index is -0.606. The minimum Gasteiger partial charge on any atom is -0.496 e. The molecule has 2 aromatic rings. The molecule has 0 heterocycles. The van der Waals surface area contributed by atoms with Gasteiger partial charge in [0.2, 0.25) is 5.91 Å². The maximum Gasteiger partial charge on any atom is 0.338 e. The van der Waals surface area contributed by atoms with Gasteiger partial charge in [0.25, 0.3) is 0 Å². The smallest absolute Gasteiger partial charge is 0.338 e. The van der Waals surface area contributed by atoms with E-state index in [4.69, 9.17) is 14.2 Å². The summed E-state index contributed by atoms with van der Waals surface area (Å²) >= 11 is 0. The van der Waals surface area contributed by atoms with Crippen molar-refractivity contribution >= 4 is 23.3 Å². The highest BCUT2D eigenvalue weighted by atomic mass is 16.5. The number of hydrogen-bond acceptors (Lipinski definition) is 6. The molecule has 0 fully saturated rings. The molecule has 0 spiro atoms. The van der Waals surface area contributed by atoms with Crippen LogP contribution in [0.4, 0.5) is 5.69 Å². The van der Waals surface area contributed by atoms with Gasteiger partial charge in [-0.05, 0) is 49.4 Å². The van der Waals surface area contributed by atoms with E-state index in [1.54, 1.807) is 56.5 Å². The van der Waals surface area contributed by atoms with Gasteiger partial charge >= 0.3 is 5.97 Å². The molecule has 0 aliphatic carbocycles. The zero-order chi connectivity index (χ0) is 21.2. The fourth-order valence-electron chi connectivity index (χ4n) is 2.52. The quantitative estimate of drug-likeness (QED) is 0.485. The highest BCUT2D eigenvalue weighted by Gasteiger charge is 2.14. The third-order valence-corrected chi connectivity index (χ3v) is 4.12. The van der Waals surface area contributed by atoms with E-state index in [-0.39, 0.29) is 18.3 Å². The SMILES string of the molecule is CCOCc1cc(C(=O)OCC(=O)c2ccc(NC(=O)CC)cc2)ccc1OC. The molecule has 0 unspecified atom stereocenters. The molecule has 2 aromatic carbocycles. The molecular weight excluding hydrogens is 374 g/mol. The third kappa shape index (κ3) is 6.43. The van der Waals surface area contributed by atoms with Gasteiger partial charge in [-0.15, -0.1) is 0 Å². The molecule has 0 aromatic heterocycles. The van der Waals surface area contributed by atoms with Gasteiger partial charge in [0.05, 0.1) is 19.3 Å². The Kier molecular flexibility index (Phi) is 8.36. The number of esters is 1. The van der Waals surface area contributed by atoms with Crippen LogP contribution in [0.15, 0.2) is 42.5 Å². The lowest BCUT2D eigenvalue weighted by molar-refractivity contribution is -0.115. The Labute approximate surface area is 170 Å². The Bertz CT molecular complexity index is 860. The van der Waals surface area contributed by atoms with E-state index < -0.39 is 5.97 Å². The van der Waals surface area contributed by atoms with Crippen LogP contribution < -0.4 is 10.1 Å². The predicted octanol–water partition coefficient (Wildman–Crippen LogP) is 3.62. The molecular formula is C22H25NO6. The van der Waals surface area contributed by atoms with Gasteiger partial charge in [-0.25, -0.2) is 4.79 Å². The molecule has 1 amide bonds. The zero-order valence-electron chi connectivity index (χ0n) is 16.8. The van der Waals surface area contributed by atoms with Gasteiger partial charge in [0.15, 0.2) is 12.4 Å². The lowest BCUT2D eigenvalue weighted by Crippen LogP contribution is -2.15. The summed E-state index contributed by atoms with van der Waals surface area (Å²) in [6.07, 6.45) is 0.369. The molecule has 0 saturated carbocycles. The van der Waals surface area contributed by atoms with Crippen LogP contribution in [0.1, 0.15) is 46.5 Å². The van der Waals surface area contributed by atoms with Crippen LogP contribution >= 0.6 is 0 Å². The van der Waals surface area contributed by atoms with Gasteiger partial charge in [-0.3, -0.25) is 9.59 Å². The topological polar surface area (TPSA) is 90.9 Å². The number of carbonyl (C=O) groups is 3. The molecule has 0 bridgehead atoms. The molecule has 0 saturated heterocycles. The number of hydrogen-bond donors (Lipinski definition) is 1. The first-order valence-electron chi connectivity index (χ1n) is 9.33. The van der Waals surface area contributed by atoms with Gasteiger partial charge in [-0.1, -0.05) is 6.92 Å². The lowest BCUT2D eigenvalue weighted by atomic mass is 10.1. The van der Waals surface area contributed by atoms with Crippen LogP contribution in [-0.2, 0) is 20.9 Å². The second-order valence-electron chi connectivity index (χ2n) is 6.14. The summed E-state index contributed by atoms with van der Waals surface area (Å²) in [6, 6.07) is 11.3. The second kappa shape index (κ2) is 11.0. The highest BCUT2D eigenvalue weighted by molar-refractivity contribution is 6.00. The van der Waals surface area contributed by atoms with Gasteiger partial charge in [-0.2, -0.15) is 0 Å². The molecule has 2 rings (SSSR count). The van der Waals surface area contributed by atoms with Crippen molar-refractivity contribution in [2.45, 2.75) is 26.9 Å². The van der Waals surface area contributed by atoms with Crippen molar-refractivity contribution in [2.24, 2.45) is 0 Å². The number of carbonyl (C=O) groups excluding carboxylic acids is 3. The molecule has 1 N–H and O–H groups in total. The summed E-state index contributed by atoms with van der Waals surface area (Å²) < 4.78 is 15.8. The monoisotopic (exact) mass is 399 g/mol. The van der Waals surface area contributed by atoms with E-state index in [0.29, 0.717) is 42.2 Å². The molecule has 0 atom stereocenters. The number of ketones is 1. The fourth-order valence-corrected chi connectivity index (χ4v) is 2.52. The fraction of sp³-hybridized carbons (Fsp3) is 0.318. The Morgan fingerprint density at radius 3 is 2.28 bits per heavy atom. The van der Waals surface area contributed by atoms with Crippen LogP contribution in [0.5, 0.6) is 5.75 Å². The number of benzene rings is 2. The van der Waals surface area contributed by atoms with Crippen molar-refractivity contribution in [3.05, 3.63) is 59.2 Å². The van der Waals surface area contributed by atoms with E-state index in [2.05, 4.69) is 5.32 Å². The van der Waals surface area contributed by atoms with Crippen LogP contribution in [-0.4, -0.2) is 38.0 Å². The Morgan fingerprint density at radius 2 is 1.66 bits per heavy atom. The maximum atomic E-state index is 12.3. The average molecular weight is 399 g/mol. The molecule has 7 nitrogen and oxygen atoms in total. The number of amides is 1. The summed E-state index contributed by atoms with van der Waals surface area (Å²) in [6.45, 7) is 4.09. The second-order valence-corrected chi connectivity index (χ2v) is 6.14. The molecule has 7 heteroatoms. The highest BCUT2D eigenvalue weighted by Crippen LogP contribution is 2.21. The van der Waals surface area contributed by atoms with Crippen LogP contribution in [0, 0.1) is 0 Å². The first-order valence-corrected chi connectivity index (χ1v) is 9.33. The average Bonchev–Trinajstić information content (AvgIpc) is 2.75. The van der Waals surface area contributed by atoms with Crippen molar-refractivity contribution < 1.29 is 28.6 Å². The van der Waals surface area contributed by atoms with E-state index >= 15 is 0 Å². The Morgan fingerprint density at radius 1 is 0.966 bits per heavy atom.